The average molecular weight is 171 g/mol. The fourth-order valence-corrected chi connectivity index (χ4v) is 1.74. The summed E-state index contributed by atoms with van der Waals surface area (Å²) in [6.07, 6.45) is 5.50. The molecule has 0 unspecified atom stereocenters. The Labute approximate surface area is 75.5 Å². The summed E-state index contributed by atoms with van der Waals surface area (Å²) >= 11 is 0. The molecule has 0 amide bonds. The van der Waals surface area contributed by atoms with Crippen LogP contribution in [-0.4, -0.2) is 19.3 Å². The van der Waals surface area contributed by atoms with E-state index in [-0.39, 0.29) is 0 Å². The maximum atomic E-state index is 5.73. The molecule has 0 aliphatic heterocycles. The molecule has 0 aromatic rings. The molecule has 1 aliphatic rings. The Morgan fingerprint density at radius 2 is 2.08 bits per heavy atom. The van der Waals surface area contributed by atoms with Crippen molar-refractivity contribution in [1.29, 1.82) is 0 Å². The van der Waals surface area contributed by atoms with E-state index in [2.05, 4.69) is 13.8 Å². The third-order valence-electron chi connectivity index (χ3n) is 2.93. The summed E-state index contributed by atoms with van der Waals surface area (Å²) in [5.41, 5.74) is 6.18. The van der Waals surface area contributed by atoms with Gasteiger partial charge in [0.05, 0.1) is 6.10 Å². The zero-order valence-electron chi connectivity index (χ0n) is 8.31. The molecule has 0 spiro atoms. The quantitative estimate of drug-likeness (QED) is 0.686. The average Bonchev–Trinajstić information content (AvgIpc) is 1.94. The summed E-state index contributed by atoms with van der Waals surface area (Å²) in [6.45, 7) is 5.88. The van der Waals surface area contributed by atoms with Gasteiger partial charge in [0.2, 0.25) is 0 Å². The van der Waals surface area contributed by atoms with Gasteiger partial charge in [0.25, 0.3) is 0 Å². The molecule has 0 aromatic heterocycles. The molecule has 1 fully saturated rings. The van der Waals surface area contributed by atoms with Gasteiger partial charge in [-0.05, 0) is 45.1 Å². The van der Waals surface area contributed by atoms with E-state index in [0.29, 0.717) is 11.5 Å². The summed E-state index contributed by atoms with van der Waals surface area (Å²) in [7, 11) is 0. The third kappa shape index (κ3) is 2.46. The van der Waals surface area contributed by atoms with Crippen molar-refractivity contribution in [3.05, 3.63) is 0 Å². The fraction of sp³-hybridized carbons (Fsp3) is 1.00. The first kappa shape index (κ1) is 10.0. The van der Waals surface area contributed by atoms with Gasteiger partial charge in [-0.2, -0.15) is 0 Å². The maximum absolute atomic E-state index is 5.73. The van der Waals surface area contributed by atoms with Gasteiger partial charge in [-0.1, -0.05) is 6.42 Å². The first-order chi connectivity index (χ1) is 5.68. The van der Waals surface area contributed by atoms with Gasteiger partial charge in [-0.25, -0.2) is 0 Å². The Kier molecular flexibility index (Phi) is 3.53. The predicted octanol–water partition coefficient (Wildman–Crippen LogP) is 1.93. The largest absolute Gasteiger partial charge is 0.379 e. The molecule has 72 valence electrons. The Bertz CT molecular complexity index is 124. The van der Waals surface area contributed by atoms with E-state index in [1.807, 2.05) is 0 Å². The van der Waals surface area contributed by atoms with Crippen LogP contribution in [0.5, 0.6) is 0 Å². The lowest BCUT2D eigenvalue weighted by Gasteiger charge is -2.41. The van der Waals surface area contributed by atoms with Crippen LogP contribution in [0.15, 0.2) is 0 Å². The number of hydrogen-bond donors (Lipinski definition) is 1. The number of ether oxygens (including phenoxy) is 1. The zero-order chi connectivity index (χ0) is 9.03. The van der Waals surface area contributed by atoms with Gasteiger partial charge in [0.15, 0.2) is 0 Å². The topological polar surface area (TPSA) is 35.2 Å². The molecule has 2 heteroatoms. The molecular formula is C10H21NO. The number of hydrogen-bond acceptors (Lipinski definition) is 2. The highest BCUT2D eigenvalue weighted by Gasteiger charge is 2.34. The minimum absolute atomic E-state index is 0.361. The number of nitrogens with two attached hydrogens (primary N) is 1. The summed E-state index contributed by atoms with van der Waals surface area (Å²) < 4.78 is 5.52. The van der Waals surface area contributed by atoms with Gasteiger partial charge in [-0.3, -0.25) is 0 Å². The lowest BCUT2D eigenvalue weighted by Crippen LogP contribution is -2.38. The first-order valence-corrected chi connectivity index (χ1v) is 5.00. The highest BCUT2D eigenvalue weighted by atomic mass is 16.5. The molecule has 0 heterocycles. The second-order valence-electron chi connectivity index (χ2n) is 4.23. The highest BCUT2D eigenvalue weighted by Crippen LogP contribution is 2.42. The second-order valence-corrected chi connectivity index (χ2v) is 4.23. The minimum Gasteiger partial charge on any atom is -0.379 e. The van der Waals surface area contributed by atoms with E-state index in [4.69, 9.17) is 10.5 Å². The third-order valence-corrected chi connectivity index (χ3v) is 2.93. The van der Waals surface area contributed by atoms with Crippen molar-refractivity contribution in [1.82, 2.24) is 0 Å². The van der Waals surface area contributed by atoms with E-state index in [1.165, 1.54) is 19.3 Å². The van der Waals surface area contributed by atoms with Gasteiger partial charge in [-0.15, -0.1) is 0 Å². The minimum atomic E-state index is 0.361. The second kappa shape index (κ2) is 4.24. The standard InChI is InChI=1S/C10H21NO/c1-9(2)12-7-6-10(8-11)4-3-5-10/h9H,3-8,11H2,1-2H3. The first-order valence-electron chi connectivity index (χ1n) is 5.00. The van der Waals surface area contributed by atoms with E-state index in [0.717, 1.165) is 19.6 Å². The Hall–Kier alpha value is -0.0800. The molecule has 1 aliphatic carbocycles. The lowest BCUT2D eigenvalue weighted by atomic mass is 9.67. The summed E-state index contributed by atoms with van der Waals surface area (Å²) in [6, 6.07) is 0. The van der Waals surface area contributed by atoms with E-state index < -0.39 is 0 Å². The summed E-state index contributed by atoms with van der Waals surface area (Å²) in [5, 5.41) is 0. The van der Waals surface area contributed by atoms with Gasteiger partial charge < -0.3 is 10.5 Å². The van der Waals surface area contributed by atoms with Gasteiger partial charge >= 0.3 is 0 Å². The lowest BCUT2D eigenvalue weighted by molar-refractivity contribution is 0.0271. The molecule has 2 nitrogen and oxygen atoms in total. The Balaban J connectivity index is 2.12. The Morgan fingerprint density at radius 3 is 2.42 bits per heavy atom. The Morgan fingerprint density at radius 1 is 1.42 bits per heavy atom. The van der Waals surface area contributed by atoms with Gasteiger partial charge in [0.1, 0.15) is 0 Å². The molecule has 1 saturated carbocycles. The van der Waals surface area contributed by atoms with Crippen molar-refractivity contribution in [3.63, 3.8) is 0 Å². The molecule has 12 heavy (non-hydrogen) atoms. The van der Waals surface area contributed by atoms with Crippen LogP contribution in [0.3, 0.4) is 0 Å². The summed E-state index contributed by atoms with van der Waals surface area (Å²) in [5.74, 6) is 0. The van der Waals surface area contributed by atoms with Crippen LogP contribution >= 0.6 is 0 Å². The molecule has 1 rings (SSSR count). The van der Waals surface area contributed by atoms with Crippen LogP contribution in [0.2, 0.25) is 0 Å². The van der Waals surface area contributed by atoms with E-state index in [1.54, 1.807) is 0 Å². The van der Waals surface area contributed by atoms with Crippen LogP contribution in [0, 0.1) is 5.41 Å². The van der Waals surface area contributed by atoms with Crippen LogP contribution in [0.25, 0.3) is 0 Å². The molecule has 0 atom stereocenters. The highest BCUT2D eigenvalue weighted by molar-refractivity contribution is 4.88. The van der Waals surface area contributed by atoms with Crippen molar-refractivity contribution in [3.8, 4) is 0 Å². The monoisotopic (exact) mass is 171 g/mol. The van der Waals surface area contributed by atoms with Crippen molar-refractivity contribution in [2.75, 3.05) is 13.2 Å². The zero-order valence-corrected chi connectivity index (χ0v) is 8.31. The maximum Gasteiger partial charge on any atom is 0.0518 e. The normalized spacial score (nSPS) is 21.0. The van der Waals surface area contributed by atoms with Crippen molar-refractivity contribution < 1.29 is 4.74 Å². The van der Waals surface area contributed by atoms with Crippen LogP contribution in [0.1, 0.15) is 39.5 Å². The van der Waals surface area contributed by atoms with Crippen molar-refractivity contribution >= 4 is 0 Å². The van der Waals surface area contributed by atoms with Crippen LogP contribution in [0.4, 0.5) is 0 Å². The molecule has 0 radical (unpaired) electrons. The molecule has 0 aromatic carbocycles. The fourth-order valence-electron chi connectivity index (χ4n) is 1.74. The van der Waals surface area contributed by atoms with Crippen molar-refractivity contribution in [2.45, 2.75) is 45.6 Å². The predicted molar refractivity (Wildman–Crippen MR) is 51.0 cm³/mol. The van der Waals surface area contributed by atoms with Crippen molar-refractivity contribution in [2.24, 2.45) is 11.1 Å². The molecular weight excluding hydrogens is 150 g/mol. The molecule has 2 N–H and O–H groups in total. The molecule has 0 saturated heterocycles. The van der Waals surface area contributed by atoms with Crippen LogP contribution in [-0.2, 0) is 4.74 Å². The molecule has 0 bridgehead atoms. The summed E-state index contributed by atoms with van der Waals surface area (Å²) in [4.78, 5) is 0. The van der Waals surface area contributed by atoms with E-state index in [9.17, 15) is 0 Å². The number of rotatable bonds is 5. The van der Waals surface area contributed by atoms with E-state index >= 15 is 0 Å². The van der Waals surface area contributed by atoms with Gasteiger partial charge in [0, 0.05) is 6.61 Å². The SMILES string of the molecule is CC(C)OCCC1(CN)CCC1. The van der Waals surface area contributed by atoms with Crippen LogP contribution < -0.4 is 5.73 Å². The smallest absolute Gasteiger partial charge is 0.0518 e.